The fourth-order valence-electron chi connectivity index (χ4n) is 4.13. The van der Waals surface area contributed by atoms with Gasteiger partial charge in [-0.3, -0.25) is 25.0 Å². The Labute approximate surface area is 237 Å². The molecule has 3 aromatic rings. The molecule has 4 amide bonds. The van der Waals surface area contributed by atoms with Crippen molar-refractivity contribution in [1.29, 1.82) is 0 Å². The van der Waals surface area contributed by atoms with Gasteiger partial charge in [0.1, 0.15) is 12.2 Å². The molecule has 1 N–H and O–H groups in total. The molecule has 0 bridgehead atoms. The first kappa shape index (κ1) is 27.8. The minimum absolute atomic E-state index is 0.0402. The molecule has 200 valence electrons. The number of urea groups is 1. The van der Waals surface area contributed by atoms with Gasteiger partial charge < -0.3 is 9.47 Å². The zero-order chi connectivity index (χ0) is 28.3. The van der Waals surface area contributed by atoms with Crippen LogP contribution in [-0.4, -0.2) is 29.4 Å². The van der Waals surface area contributed by atoms with Crippen LogP contribution < -0.4 is 19.7 Å². The van der Waals surface area contributed by atoms with Gasteiger partial charge in [0.05, 0.1) is 20.8 Å². The molecule has 39 heavy (non-hydrogen) atoms. The van der Waals surface area contributed by atoms with Crippen LogP contribution in [0.15, 0.2) is 60.2 Å². The molecule has 10 nitrogen and oxygen atoms in total. The van der Waals surface area contributed by atoms with Crippen LogP contribution in [0.1, 0.15) is 29.2 Å². The van der Waals surface area contributed by atoms with E-state index in [2.05, 4.69) is 5.32 Å². The van der Waals surface area contributed by atoms with E-state index >= 15 is 0 Å². The average molecular weight is 641 g/mol. The van der Waals surface area contributed by atoms with Crippen LogP contribution in [0.3, 0.4) is 0 Å². The molecule has 1 heterocycles. The lowest BCUT2D eigenvalue weighted by Gasteiger charge is -2.27. The van der Waals surface area contributed by atoms with E-state index in [0.717, 1.165) is 16.0 Å². The van der Waals surface area contributed by atoms with Gasteiger partial charge in [0, 0.05) is 12.1 Å². The predicted molar refractivity (Wildman–Crippen MR) is 153 cm³/mol. The molecule has 1 saturated heterocycles. The molecule has 0 aliphatic carbocycles. The normalized spacial score (nSPS) is 14.4. The summed E-state index contributed by atoms with van der Waals surface area (Å²) in [4.78, 5) is 50.2. The van der Waals surface area contributed by atoms with E-state index in [1.807, 2.05) is 42.5 Å². The second-order valence-electron chi connectivity index (χ2n) is 8.78. The number of imide groups is 2. The van der Waals surface area contributed by atoms with Crippen LogP contribution >= 0.6 is 22.6 Å². The monoisotopic (exact) mass is 641 g/mol. The third-order valence-electron chi connectivity index (χ3n) is 5.71. The number of ether oxygens (including phenoxy) is 2. The number of rotatable bonds is 8. The number of hydrogen-bond donors (Lipinski definition) is 1. The molecule has 1 fully saturated rings. The number of carbonyl (C=O) groups excluding carboxylic acids is 3. The van der Waals surface area contributed by atoms with Gasteiger partial charge in [-0.25, -0.2) is 9.69 Å². The van der Waals surface area contributed by atoms with Crippen molar-refractivity contribution in [2.24, 2.45) is 0 Å². The second kappa shape index (κ2) is 11.6. The van der Waals surface area contributed by atoms with E-state index in [9.17, 15) is 24.5 Å². The summed E-state index contributed by atoms with van der Waals surface area (Å²) in [5.74, 6) is -0.762. The maximum atomic E-state index is 13.3. The van der Waals surface area contributed by atoms with E-state index in [1.54, 1.807) is 43.3 Å². The van der Waals surface area contributed by atoms with Crippen molar-refractivity contribution in [3.05, 3.63) is 96.1 Å². The number of nitro benzene ring substituents is 1. The number of anilines is 1. The van der Waals surface area contributed by atoms with Crippen molar-refractivity contribution in [2.45, 2.75) is 27.4 Å². The highest BCUT2D eigenvalue weighted by molar-refractivity contribution is 14.1. The number of nitro groups is 1. The van der Waals surface area contributed by atoms with E-state index < -0.39 is 22.8 Å². The molecular formula is C28H24IN3O7. The Morgan fingerprint density at radius 2 is 1.74 bits per heavy atom. The molecule has 1 aliphatic heterocycles. The first-order valence-corrected chi connectivity index (χ1v) is 13.0. The molecule has 0 aromatic heterocycles. The summed E-state index contributed by atoms with van der Waals surface area (Å²) in [5, 5.41) is 13.3. The van der Waals surface area contributed by atoms with Crippen molar-refractivity contribution in [1.82, 2.24) is 5.32 Å². The third-order valence-corrected chi connectivity index (χ3v) is 6.51. The van der Waals surface area contributed by atoms with E-state index in [0.29, 0.717) is 38.5 Å². The Morgan fingerprint density at radius 1 is 1.03 bits per heavy atom. The van der Waals surface area contributed by atoms with Gasteiger partial charge in [0.15, 0.2) is 11.5 Å². The Kier molecular flexibility index (Phi) is 8.29. The standard InChI is InChI=1S/C28H24IN3O7/c1-4-38-24-14-19(13-23(29)25(24)39-15-18-6-5-7-20(11-18)32(36)37)12-22-26(33)30-28(35)31(27(22)34)21-9-16(2)8-17(3)10-21/h5-14H,4,15H2,1-3H3,(H,30,33,35)/b22-12+. The fraction of sp³-hybridized carbons (Fsp3) is 0.179. The molecule has 1 aliphatic rings. The van der Waals surface area contributed by atoms with E-state index in [1.165, 1.54) is 18.2 Å². The third kappa shape index (κ3) is 6.25. The van der Waals surface area contributed by atoms with Crippen molar-refractivity contribution in [3.63, 3.8) is 0 Å². The summed E-state index contributed by atoms with van der Waals surface area (Å²) in [6.45, 7) is 5.88. The quantitative estimate of drug-likeness (QED) is 0.114. The van der Waals surface area contributed by atoms with Gasteiger partial charge in [0.2, 0.25) is 0 Å². The van der Waals surface area contributed by atoms with Crippen molar-refractivity contribution >= 4 is 57.9 Å². The fourth-order valence-corrected chi connectivity index (χ4v) is 4.91. The van der Waals surface area contributed by atoms with E-state index in [4.69, 9.17) is 9.47 Å². The Bertz CT molecular complexity index is 1510. The highest BCUT2D eigenvalue weighted by Crippen LogP contribution is 2.36. The molecule has 0 atom stereocenters. The number of hydrogen-bond acceptors (Lipinski definition) is 7. The summed E-state index contributed by atoms with van der Waals surface area (Å²) < 4.78 is 12.4. The zero-order valence-corrected chi connectivity index (χ0v) is 23.5. The minimum atomic E-state index is -0.818. The van der Waals surface area contributed by atoms with Gasteiger partial charge in [-0.05, 0) is 96.0 Å². The van der Waals surface area contributed by atoms with Crippen LogP contribution in [0.5, 0.6) is 11.5 Å². The number of amides is 4. The summed E-state index contributed by atoms with van der Waals surface area (Å²) in [5.41, 5.74) is 2.93. The Morgan fingerprint density at radius 3 is 2.41 bits per heavy atom. The van der Waals surface area contributed by atoms with Crippen LogP contribution in [0.25, 0.3) is 6.08 Å². The lowest BCUT2D eigenvalue weighted by Crippen LogP contribution is -2.54. The topological polar surface area (TPSA) is 128 Å². The SMILES string of the molecule is CCOc1cc(/C=C2\C(=O)NC(=O)N(c3cc(C)cc(C)c3)C2=O)cc(I)c1OCc1cccc([N+](=O)[O-])c1. The first-order chi connectivity index (χ1) is 18.6. The van der Waals surface area contributed by atoms with Crippen LogP contribution in [0.2, 0.25) is 0 Å². The Balaban J connectivity index is 1.66. The maximum Gasteiger partial charge on any atom is 0.335 e. The van der Waals surface area contributed by atoms with E-state index in [-0.39, 0.29) is 17.9 Å². The number of nitrogens with zero attached hydrogens (tertiary/aromatic N) is 2. The highest BCUT2D eigenvalue weighted by Gasteiger charge is 2.37. The number of halogens is 1. The van der Waals surface area contributed by atoms with Crippen molar-refractivity contribution < 1.29 is 28.8 Å². The Hall–Kier alpha value is -4.26. The molecule has 0 spiro atoms. The summed E-state index contributed by atoms with van der Waals surface area (Å²) in [6.07, 6.45) is 1.40. The number of non-ortho nitro benzene ring substituents is 1. The van der Waals surface area contributed by atoms with Crippen LogP contribution in [0, 0.1) is 27.5 Å². The number of barbiturate groups is 1. The lowest BCUT2D eigenvalue weighted by molar-refractivity contribution is -0.384. The average Bonchev–Trinajstić information content (AvgIpc) is 2.86. The van der Waals surface area contributed by atoms with Crippen molar-refractivity contribution in [2.75, 3.05) is 11.5 Å². The molecule has 4 rings (SSSR count). The largest absolute Gasteiger partial charge is 0.490 e. The lowest BCUT2D eigenvalue weighted by atomic mass is 10.0. The van der Waals surface area contributed by atoms with Gasteiger partial charge in [-0.15, -0.1) is 0 Å². The molecule has 11 heteroatoms. The first-order valence-electron chi connectivity index (χ1n) is 11.9. The van der Waals surface area contributed by atoms with Gasteiger partial charge in [-0.1, -0.05) is 18.2 Å². The number of carbonyl (C=O) groups is 3. The molecular weight excluding hydrogens is 617 g/mol. The molecule has 0 unspecified atom stereocenters. The zero-order valence-electron chi connectivity index (χ0n) is 21.3. The smallest absolute Gasteiger partial charge is 0.335 e. The van der Waals surface area contributed by atoms with Gasteiger partial charge >= 0.3 is 6.03 Å². The highest BCUT2D eigenvalue weighted by atomic mass is 127. The van der Waals surface area contributed by atoms with Crippen LogP contribution in [0.4, 0.5) is 16.2 Å². The minimum Gasteiger partial charge on any atom is -0.490 e. The number of nitrogens with one attached hydrogen (secondary N) is 1. The number of aryl methyl sites for hydroxylation is 2. The van der Waals surface area contributed by atoms with Crippen molar-refractivity contribution in [3.8, 4) is 11.5 Å². The predicted octanol–water partition coefficient (Wildman–Crippen LogP) is 5.46. The molecule has 0 radical (unpaired) electrons. The molecule has 3 aromatic carbocycles. The second-order valence-corrected chi connectivity index (χ2v) is 9.94. The molecule has 0 saturated carbocycles. The summed E-state index contributed by atoms with van der Waals surface area (Å²) >= 11 is 2.05. The summed E-state index contributed by atoms with van der Waals surface area (Å²) in [7, 11) is 0. The van der Waals surface area contributed by atoms with Crippen LogP contribution in [-0.2, 0) is 16.2 Å². The van der Waals surface area contributed by atoms with Gasteiger partial charge in [-0.2, -0.15) is 0 Å². The van der Waals surface area contributed by atoms with Gasteiger partial charge in [0.25, 0.3) is 17.5 Å². The maximum absolute atomic E-state index is 13.3. The number of benzene rings is 3. The summed E-state index contributed by atoms with van der Waals surface area (Å²) in [6, 6.07) is 14.0.